The molecule has 7 nitrogen and oxygen atoms in total. The van der Waals surface area contributed by atoms with Crippen molar-refractivity contribution in [3.63, 3.8) is 0 Å². The maximum absolute atomic E-state index is 12.4. The molecule has 0 spiro atoms. The summed E-state index contributed by atoms with van der Waals surface area (Å²) in [5, 5.41) is 0. The number of methoxy groups -OCH3 is 2. The van der Waals surface area contributed by atoms with E-state index in [1.807, 2.05) is 0 Å². The number of Topliss-reactive ketones (excluding diaryl/α,β-unsaturated/α-hetero) is 1. The Kier molecular flexibility index (Phi) is 7.02. The molecule has 1 rings (SSSR count). The molecule has 0 N–H and O–H groups in total. The molecule has 126 valence electrons. The number of ether oxygens (including phenoxy) is 4. The minimum absolute atomic E-state index is 0.0568. The summed E-state index contributed by atoms with van der Waals surface area (Å²) in [6.07, 6.45) is 0. The van der Waals surface area contributed by atoms with Crippen LogP contribution >= 0.6 is 15.9 Å². The van der Waals surface area contributed by atoms with Crippen molar-refractivity contribution in [2.24, 2.45) is 0 Å². The van der Waals surface area contributed by atoms with Crippen molar-refractivity contribution in [2.45, 2.75) is 18.7 Å². The van der Waals surface area contributed by atoms with E-state index in [1.54, 1.807) is 6.92 Å². The van der Waals surface area contributed by atoms with Crippen molar-refractivity contribution in [1.29, 1.82) is 0 Å². The fourth-order valence-electron chi connectivity index (χ4n) is 1.74. The van der Waals surface area contributed by atoms with E-state index < -0.39 is 22.5 Å². The summed E-state index contributed by atoms with van der Waals surface area (Å²) in [5.74, 6) is -1.47. The zero-order valence-electron chi connectivity index (χ0n) is 13.2. The third-order valence-electron chi connectivity index (χ3n) is 2.71. The third kappa shape index (κ3) is 4.69. The van der Waals surface area contributed by atoms with Gasteiger partial charge in [0.1, 0.15) is 0 Å². The molecule has 0 aliphatic rings. The van der Waals surface area contributed by atoms with Gasteiger partial charge in [-0.25, -0.2) is 0 Å². The molecule has 1 aromatic rings. The predicted molar refractivity (Wildman–Crippen MR) is 84.5 cm³/mol. The average molecular weight is 389 g/mol. The second-order valence-corrected chi connectivity index (χ2v) is 5.20. The van der Waals surface area contributed by atoms with Crippen LogP contribution < -0.4 is 14.2 Å². The summed E-state index contributed by atoms with van der Waals surface area (Å²) in [6, 6.07) is 2.72. The first-order chi connectivity index (χ1) is 10.8. The molecule has 8 heteroatoms. The van der Waals surface area contributed by atoms with Crippen LogP contribution in [0.3, 0.4) is 0 Å². The van der Waals surface area contributed by atoms with Gasteiger partial charge in [-0.15, -0.1) is 0 Å². The van der Waals surface area contributed by atoms with Crippen LogP contribution in [-0.4, -0.2) is 43.4 Å². The zero-order valence-corrected chi connectivity index (χ0v) is 14.8. The molecule has 0 aliphatic heterocycles. The van der Waals surface area contributed by atoms with Crippen molar-refractivity contribution in [1.82, 2.24) is 0 Å². The Morgan fingerprint density at radius 2 is 1.65 bits per heavy atom. The van der Waals surface area contributed by atoms with Crippen LogP contribution in [0.15, 0.2) is 12.1 Å². The number of alkyl halides is 1. The fraction of sp³-hybridized carbons (Fsp3) is 0.400. The summed E-state index contributed by atoms with van der Waals surface area (Å²) in [5.41, 5.74) is 0.143. The Morgan fingerprint density at radius 3 is 2.04 bits per heavy atom. The van der Waals surface area contributed by atoms with Gasteiger partial charge >= 0.3 is 11.9 Å². The van der Waals surface area contributed by atoms with Crippen LogP contribution in [0.25, 0.3) is 0 Å². The molecule has 1 aromatic carbocycles. The van der Waals surface area contributed by atoms with Gasteiger partial charge in [-0.1, -0.05) is 15.9 Å². The van der Waals surface area contributed by atoms with E-state index in [0.717, 1.165) is 0 Å². The maximum Gasteiger partial charge on any atom is 0.327 e. The molecular weight excluding hydrogens is 372 g/mol. The number of esters is 2. The number of carbonyl (C=O) groups is 3. The van der Waals surface area contributed by atoms with Crippen LogP contribution in [0.1, 0.15) is 24.2 Å². The van der Waals surface area contributed by atoms with Crippen molar-refractivity contribution < 1.29 is 33.3 Å². The maximum atomic E-state index is 12.4. The first kappa shape index (κ1) is 19.0. The van der Waals surface area contributed by atoms with E-state index in [0.29, 0.717) is 0 Å². The Balaban J connectivity index is 3.25. The average Bonchev–Trinajstić information content (AvgIpc) is 2.53. The number of hydrogen-bond donors (Lipinski definition) is 0. The number of benzene rings is 1. The molecule has 0 amide bonds. The number of carbonyl (C=O) groups excluding carboxylic acids is 3. The lowest BCUT2D eigenvalue weighted by Gasteiger charge is -2.15. The predicted octanol–water partition coefficient (Wildman–Crippen LogP) is 2.14. The summed E-state index contributed by atoms with van der Waals surface area (Å²) in [6.45, 7) is 3.03. The molecule has 0 saturated carbocycles. The van der Waals surface area contributed by atoms with E-state index in [-0.39, 0.29) is 29.4 Å². The van der Waals surface area contributed by atoms with Gasteiger partial charge in [0.15, 0.2) is 22.1 Å². The van der Waals surface area contributed by atoms with Crippen molar-refractivity contribution in [3.8, 4) is 17.2 Å². The van der Waals surface area contributed by atoms with Crippen molar-refractivity contribution in [2.75, 3.05) is 20.8 Å². The summed E-state index contributed by atoms with van der Waals surface area (Å²) < 4.78 is 20.1. The number of ketones is 1. The van der Waals surface area contributed by atoms with Gasteiger partial charge in [-0.3, -0.25) is 14.4 Å². The molecule has 0 aromatic heterocycles. The van der Waals surface area contributed by atoms with Gasteiger partial charge in [0.2, 0.25) is 5.75 Å². The Hall–Kier alpha value is -2.09. The third-order valence-corrected chi connectivity index (χ3v) is 3.50. The SMILES string of the molecule is CCOC(=O)C(Br)C(=O)c1cc(OC)c(OC(C)=O)c(OC)c1. The smallest absolute Gasteiger partial charge is 0.327 e. The van der Waals surface area contributed by atoms with Gasteiger partial charge in [0.25, 0.3) is 0 Å². The molecule has 0 saturated heterocycles. The van der Waals surface area contributed by atoms with Gasteiger partial charge in [-0.2, -0.15) is 0 Å². The highest BCUT2D eigenvalue weighted by atomic mass is 79.9. The lowest BCUT2D eigenvalue weighted by Crippen LogP contribution is -2.26. The molecule has 0 heterocycles. The molecule has 23 heavy (non-hydrogen) atoms. The van der Waals surface area contributed by atoms with Crippen LogP contribution in [0, 0.1) is 0 Å². The number of halogens is 1. The Bertz CT molecular complexity index is 587. The van der Waals surface area contributed by atoms with Gasteiger partial charge in [-0.05, 0) is 19.1 Å². The van der Waals surface area contributed by atoms with Crippen molar-refractivity contribution >= 4 is 33.7 Å². The van der Waals surface area contributed by atoms with Crippen LogP contribution in [-0.2, 0) is 14.3 Å². The molecule has 0 radical (unpaired) electrons. The number of rotatable bonds is 7. The minimum Gasteiger partial charge on any atom is -0.493 e. The molecular formula is C15H17BrO7. The van der Waals surface area contributed by atoms with Crippen LogP contribution in [0.5, 0.6) is 17.2 Å². The lowest BCUT2D eigenvalue weighted by molar-refractivity contribution is -0.141. The minimum atomic E-state index is -1.16. The summed E-state index contributed by atoms with van der Waals surface area (Å²) >= 11 is 3.01. The Labute approximate surface area is 142 Å². The molecule has 0 bridgehead atoms. The largest absolute Gasteiger partial charge is 0.493 e. The van der Waals surface area contributed by atoms with Crippen molar-refractivity contribution in [3.05, 3.63) is 17.7 Å². The first-order valence-corrected chi connectivity index (χ1v) is 7.56. The lowest BCUT2D eigenvalue weighted by atomic mass is 10.1. The topological polar surface area (TPSA) is 88.1 Å². The quantitative estimate of drug-likeness (QED) is 0.232. The first-order valence-electron chi connectivity index (χ1n) is 6.65. The molecule has 0 aliphatic carbocycles. The van der Waals surface area contributed by atoms with Crippen LogP contribution in [0.4, 0.5) is 0 Å². The molecule has 0 fully saturated rings. The van der Waals surface area contributed by atoms with Gasteiger partial charge in [0.05, 0.1) is 20.8 Å². The van der Waals surface area contributed by atoms with Gasteiger partial charge < -0.3 is 18.9 Å². The van der Waals surface area contributed by atoms with Crippen LogP contribution in [0.2, 0.25) is 0 Å². The monoisotopic (exact) mass is 388 g/mol. The highest BCUT2D eigenvalue weighted by Gasteiger charge is 2.28. The second-order valence-electron chi connectivity index (χ2n) is 4.28. The highest BCUT2D eigenvalue weighted by molar-refractivity contribution is 9.10. The highest BCUT2D eigenvalue weighted by Crippen LogP contribution is 2.39. The van der Waals surface area contributed by atoms with Gasteiger partial charge in [0, 0.05) is 12.5 Å². The zero-order chi connectivity index (χ0) is 17.6. The van der Waals surface area contributed by atoms with E-state index in [2.05, 4.69) is 15.9 Å². The normalized spacial score (nSPS) is 11.3. The van der Waals surface area contributed by atoms with E-state index in [4.69, 9.17) is 18.9 Å². The van der Waals surface area contributed by atoms with E-state index >= 15 is 0 Å². The second kappa shape index (κ2) is 8.52. The number of hydrogen-bond acceptors (Lipinski definition) is 7. The molecule has 1 atom stereocenters. The fourth-order valence-corrected chi connectivity index (χ4v) is 2.13. The van der Waals surface area contributed by atoms with E-state index in [1.165, 1.54) is 33.3 Å². The Morgan fingerprint density at radius 1 is 1.13 bits per heavy atom. The molecule has 1 unspecified atom stereocenters. The standard InChI is InChI=1S/C15H17BrO7/c1-5-22-15(19)12(16)13(18)9-6-10(20-3)14(23-8(2)17)11(7-9)21-4/h6-7,12H,5H2,1-4H3. The summed E-state index contributed by atoms with van der Waals surface area (Å²) in [7, 11) is 2.71. The summed E-state index contributed by atoms with van der Waals surface area (Å²) in [4.78, 5) is 34.0. The van der Waals surface area contributed by atoms with E-state index in [9.17, 15) is 14.4 Å².